The van der Waals surface area contributed by atoms with Gasteiger partial charge in [0, 0.05) is 22.2 Å². The summed E-state index contributed by atoms with van der Waals surface area (Å²) in [6, 6.07) is 73.3. The molecule has 0 aliphatic heterocycles. The van der Waals surface area contributed by atoms with Crippen molar-refractivity contribution in [2.75, 3.05) is 4.90 Å². The molecule has 9 aromatic carbocycles. The molecule has 0 atom stereocenters. The van der Waals surface area contributed by atoms with Crippen LogP contribution in [0.25, 0.3) is 66.1 Å². The number of nitrogens with zero attached hydrogens (tertiary/aromatic N) is 1. The lowest BCUT2D eigenvalue weighted by Gasteiger charge is -2.28. The van der Waals surface area contributed by atoms with Gasteiger partial charge in [-0.1, -0.05) is 184 Å². The molecule has 54 heavy (non-hydrogen) atoms. The van der Waals surface area contributed by atoms with Crippen molar-refractivity contribution in [1.82, 2.24) is 0 Å². The average molecular weight is 690 g/mol. The Labute approximate surface area is 317 Å². The molecule has 1 aliphatic carbocycles. The van der Waals surface area contributed by atoms with Gasteiger partial charge >= 0.3 is 0 Å². The highest BCUT2D eigenvalue weighted by atomic mass is 15.1. The summed E-state index contributed by atoms with van der Waals surface area (Å²) in [6.07, 6.45) is 0. The fraction of sp³-hybridized carbons (Fsp3) is 0.0566. The molecular formula is C53H39N. The van der Waals surface area contributed by atoms with Crippen molar-refractivity contribution in [3.63, 3.8) is 0 Å². The van der Waals surface area contributed by atoms with E-state index >= 15 is 0 Å². The number of benzene rings is 9. The van der Waals surface area contributed by atoms with E-state index in [2.05, 4.69) is 219 Å². The highest BCUT2D eigenvalue weighted by Crippen LogP contribution is 2.52. The van der Waals surface area contributed by atoms with E-state index < -0.39 is 0 Å². The van der Waals surface area contributed by atoms with Crippen LogP contribution in [0.1, 0.15) is 25.0 Å². The maximum Gasteiger partial charge on any atom is 0.0540 e. The van der Waals surface area contributed by atoms with Gasteiger partial charge in [0.05, 0.1) is 5.69 Å². The minimum Gasteiger partial charge on any atom is -0.310 e. The predicted octanol–water partition coefficient (Wildman–Crippen LogP) is 14.8. The molecule has 0 heterocycles. The summed E-state index contributed by atoms with van der Waals surface area (Å²) in [5.74, 6) is 0. The third-order valence-electron chi connectivity index (χ3n) is 11.5. The summed E-state index contributed by atoms with van der Waals surface area (Å²) >= 11 is 0. The Morgan fingerprint density at radius 3 is 1.69 bits per heavy atom. The van der Waals surface area contributed by atoms with Crippen molar-refractivity contribution in [3.8, 4) is 44.5 Å². The number of hydrogen-bond acceptors (Lipinski definition) is 1. The Bertz CT molecular complexity index is 2830. The zero-order valence-corrected chi connectivity index (χ0v) is 30.5. The number of anilines is 3. The summed E-state index contributed by atoms with van der Waals surface area (Å²) in [6.45, 7) is 4.70. The smallest absolute Gasteiger partial charge is 0.0540 e. The van der Waals surface area contributed by atoms with E-state index in [1.807, 2.05) is 0 Å². The van der Waals surface area contributed by atoms with Crippen LogP contribution in [0.15, 0.2) is 200 Å². The van der Waals surface area contributed by atoms with Gasteiger partial charge in [0.1, 0.15) is 0 Å². The van der Waals surface area contributed by atoms with Gasteiger partial charge in [0.2, 0.25) is 0 Å². The maximum absolute atomic E-state index is 2.42. The lowest BCUT2D eigenvalue weighted by Crippen LogP contribution is -2.14. The highest BCUT2D eigenvalue weighted by Gasteiger charge is 2.36. The third-order valence-corrected chi connectivity index (χ3v) is 11.5. The Kier molecular flexibility index (Phi) is 7.56. The van der Waals surface area contributed by atoms with Gasteiger partial charge in [-0.3, -0.25) is 0 Å². The first-order valence-corrected chi connectivity index (χ1v) is 18.8. The van der Waals surface area contributed by atoms with Gasteiger partial charge in [0.25, 0.3) is 0 Å². The third kappa shape index (κ3) is 5.24. The van der Waals surface area contributed by atoms with Crippen molar-refractivity contribution < 1.29 is 0 Å². The van der Waals surface area contributed by atoms with Crippen molar-refractivity contribution >= 4 is 38.6 Å². The normalized spacial score (nSPS) is 12.8. The molecule has 0 bridgehead atoms. The summed E-state index contributed by atoms with van der Waals surface area (Å²) in [5, 5.41) is 4.98. The second-order valence-corrected chi connectivity index (χ2v) is 14.9. The summed E-state index contributed by atoms with van der Waals surface area (Å²) in [5.41, 5.74) is 16.2. The highest BCUT2D eigenvalue weighted by molar-refractivity contribution is 6.00. The van der Waals surface area contributed by atoms with Crippen molar-refractivity contribution in [3.05, 3.63) is 211 Å². The lowest BCUT2D eigenvalue weighted by molar-refractivity contribution is 0.660. The zero-order chi connectivity index (χ0) is 36.2. The molecule has 0 amide bonds. The summed E-state index contributed by atoms with van der Waals surface area (Å²) < 4.78 is 0. The average Bonchev–Trinajstić information content (AvgIpc) is 3.47. The second-order valence-electron chi connectivity index (χ2n) is 14.9. The van der Waals surface area contributed by atoms with E-state index in [0.717, 1.165) is 17.1 Å². The van der Waals surface area contributed by atoms with Crippen molar-refractivity contribution in [2.45, 2.75) is 19.3 Å². The zero-order valence-electron chi connectivity index (χ0n) is 30.5. The second kappa shape index (κ2) is 12.8. The van der Waals surface area contributed by atoms with Crippen molar-refractivity contribution in [1.29, 1.82) is 0 Å². The molecule has 10 rings (SSSR count). The van der Waals surface area contributed by atoms with Crippen LogP contribution in [0, 0.1) is 0 Å². The fourth-order valence-corrected chi connectivity index (χ4v) is 8.76. The molecule has 1 nitrogen and oxygen atoms in total. The Hall–Kier alpha value is -6.70. The van der Waals surface area contributed by atoms with E-state index in [1.54, 1.807) is 0 Å². The largest absolute Gasteiger partial charge is 0.310 e. The van der Waals surface area contributed by atoms with E-state index in [9.17, 15) is 0 Å². The first-order chi connectivity index (χ1) is 26.5. The molecule has 0 radical (unpaired) electrons. The van der Waals surface area contributed by atoms with Crippen LogP contribution in [-0.2, 0) is 5.41 Å². The van der Waals surface area contributed by atoms with Crippen LogP contribution in [0.3, 0.4) is 0 Å². The molecule has 0 unspecified atom stereocenters. The van der Waals surface area contributed by atoms with Crippen LogP contribution in [-0.4, -0.2) is 0 Å². The van der Waals surface area contributed by atoms with Gasteiger partial charge in [-0.2, -0.15) is 0 Å². The topological polar surface area (TPSA) is 3.24 Å². The monoisotopic (exact) mass is 689 g/mol. The first-order valence-electron chi connectivity index (χ1n) is 18.8. The molecule has 0 fully saturated rings. The van der Waals surface area contributed by atoms with Gasteiger partial charge in [-0.15, -0.1) is 0 Å². The van der Waals surface area contributed by atoms with Gasteiger partial charge < -0.3 is 4.90 Å². The number of fused-ring (bicyclic) bond motifs is 5. The minimum absolute atomic E-state index is 0.0491. The van der Waals surface area contributed by atoms with E-state index in [1.165, 1.54) is 77.2 Å². The molecule has 0 N–H and O–H groups in total. The van der Waals surface area contributed by atoms with Crippen LogP contribution < -0.4 is 4.90 Å². The predicted molar refractivity (Wildman–Crippen MR) is 230 cm³/mol. The molecular weight excluding hydrogens is 651 g/mol. The Balaban J connectivity index is 1.06. The van der Waals surface area contributed by atoms with E-state index in [4.69, 9.17) is 0 Å². The van der Waals surface area contributed by atoms with Crippen LogP contribution in [0.4, 0.5) is 17.1 Å². The summed E-state index contributed by atoms with van der Waals surface area (Å²) in [4.78, 5) is 2.42. The lowest BCUT2D eigenvalue weighted by atomic mass is 9.82. The molecule has 0 saturated heterocycles. The van der Waals surface area contributed by atoms with Crippen LogP contribution >= 0.6 is 0 Å². The molecule has 0 aromatic heterocycles. The molecule has 0 spiro atoms. The van der Waals surface area contributed by atoms with E-state index in [-0.39, 0.29) is 5.41 Å². The fourth-order valence-electron chi connectivity index (χ4n) is 8.76. The van der Waals surface area contributed by atoms with Crippen LogP contribution in [0.5, 0.6) is 0 Å². The number of hydrogen-bond donors (Lipinski definition) is 0. The quantitative estimate of drug-likeness (QED) is 0.168. The molecule has 1 heteroatoms. The molecule has 1 aliphatic rings. The summed E-state index contributed by atoms with van der Waals surface area (Å²) in [7, 11) is 0. The van der Waals surface area contributed by atoms with Gasteiger partial charge in [-0.05, 0) is 102 Å². The molecule has 9 aromatic rings. The van der Waals surface area contributed by atoms with Crippen molar-refractivity contribution in [2.24, 2.45) is 0 Å². The molecule has 0 saturated carbocycles. The standard InChI is InChI=1S/C53H39N/c1-53(2)49-24-8-7-21-48(49)52-47(23-12-25-50(52)53)41-17-9-18-43(35-41)54(51-26-11-16-39-14-4-6-20-46(39)51)42-33-31-37(32-34-42)36-27-29-40(30-28-36)45-22-10-15-38-13-3-5-19-44(38)45/h3-35H,1-2H3. The first kappa shape index (κ1) is 32.0. The number of rotatable bonds is 6. The van der Waals surface area contributed by atoms with Gasteiger partial charge in [0.15, 0.2) is 0 Å². The van der Waals surface area contributed by atoms with E-state index in [0.29, 0.717) is 0 Å². The van der Waals surface area contributed by atoms with Crippen LogP contribution in [0.2, 0.25) is 0 Å². The SMILES string of the molecule is CC1(C)c2ccccc2-c2c(-c3cccc(N(c4ccc(-c5ccc(-c6cccc7ccccc67)cc5)cc4)c4cccc5ccccc45)c3)cccc21. The molecule has 256 valence electrons. The maximum atomic E-state index is 2.42. The Morgan fingerprint density at radius 1 is 0.352 bits per heavy atom. The minimum atomic E-state index is -0.0491. The Morgan fingerprint density at radius 2 is 0.889 bits per heavy atom. The van der Waals surface area contributed by atoms with Gasteiger partial charge in [-0.25, -0.2) is 0 Å².